The van der Waals surface area contributed by atoms with Crippen LogP contribution in [0.3, 0.4) is 0 Å². The number of aliphatic hydroxyl groups excluding tert-OH is 8. The van der Waals surface area contributed by atoms with Crippen LogP contribution in [0.2, 0.25) is 0 Å². The van der Waals surface area contributed by atoms with Crippen molar-refractivity contribution in [1.29, 1.82) is 0 Å². The van der Waals surface area contributed by atoms with Gasteiger partial charge in [0.05, 0.1) is 20.3 Å². The standard InChI is InChI=1S/C27H34O13/c1-36-16-8-14(9-17(10-16)38-27-25(35)23(33)21(31)19(12-29)40-27)3-2-13-4-6-15(7-5-13)37-26-24(34)22(32)20(30)18(11-28)39-26/h2-10,18-35H,11-12H2,1H3/b3-2+/t18-,19-,20-,21-,22+,23+,24-,25-,26-,27-/m1/s1. The molecular formula is C27H34O13. The van der Waals surface area contributed by atoms with Crippen molar-refractivity contribution in [3.05, 3.63) is 53.6 Å². The topological polar surface area (TPSA) is 208 Å². The summed E-state index contributed by atoms with van der Waals surface area (Å²) in [6.07, 6.45) is -10.5. The van der Waals surface area contributed by atoms with Gasteiger partial charge in [0.1, 0.15) is 66.1 Å². The first-order valence-electron chi connectivity index (χ1n) is 12.6. The lowest BCUT2D eigenvalue weighted by atomic mass is 9.99. The number of methoxy groups -OCH3 is 1. The molecule has 0 saturated carbocycles. The molecule has 8 N–H and O–H groups in total. The predicted octanol–water partition coefficient (Wildman–Crippen LogP) is -1.78. The fourth-order valence-corrected chi connectivity index (χ4v) is 4.32. The second-order valence-corrected chi connectivity index (χ2v) is 9.47. The number of benzene rings is 2. The van der Waals surface area contributed by atoms with Gasteiger partial charge in [0, 0.05) is 6.07 Å². The van der Waals surface area contributed by atoms with Crippen molar-refractivity contribution in [2.24, 2.45) is 0 Å². The second-order valence-electron chi connectivity index (χ2n) is 9.47. The molecular weight excluding hydrogens is 532 g/mol. The minimum absolute atomic E-state index is 0.242. The normalized spacial score (nSPS) is 34.5. The van der Waals surface area contributed by atoms with E-state index in [1.807, 2.05) is 0 Å². The van der Waals surface area contributed by atoms with Crippen LogP contribution in [0.15, 0.2) is 42.5 Å². The molecule has 2 saturated heterocycles. The Morgan fingerprint density at radius 1 is 0.600 bits per heavy atom. The van der Waals surface area contributed by atoms with Gasteiger partial charge in [-0.05, 0) is 35.4 Å². The van der Waals surface area contributed by atoms with Crippen LogP contribution in [-0.4, -0.2) is 123 Å². The van der Waals surface area contributed by atoms with Crippen LogP contribution in [0, 0.1) is 0 Å². The zero-order valence-corrected chi connectivity index (χ0v) is 21.5. The molecule has 0 bridgehead atoms. The monoisotopic (exact) mass is 566 g/mol. The van der Waals surface area contributed by atoms with E-state index in [9.17, 15) is 40.9 Å². The van der Waals surface area contributed by atoms with E-state index < -0.39 is 74.6 Å². The van der Waals surface area contributed by atoms with Crippen molar-refractivity contribution in [3.63, 3.8) is 0 Å². The first-order valence-corrected chi connectivity index (χ1v) is 12.6. The van der Waals surface area contributed by atoms with E-state index in [0.29, 0.717) is 17.1 Å². The lowest BCUT2D eigenvalue weighted by molar-refractivity contribution is -0.277. The Kier molecular flexibility index (Phi) is 9.97. The first-order chi connectivity index (χ1) is 19.1. The molecule has 2 aliphatic rings. The lowest BCUT2D eigenvalue weighted by Crippen LogP contribution is -2.60. The van der Waals surface area contributed by atoms with Gasteiger partial charge in [0.15, 0.2) is 0 Å². The number of rotatable bonds is 9. The summed E-state index contributed by atoms with van der Waals surface area (Å²) in [6, 6.07) is 11.6. The number of hydrogen-bond acceptors (Lipinski definition) is 13. The average Bonchev–Trinajstić information content (AvgIpc) is 2.97. The molecule has 0 aliphatic carbocycles. The van der Waals surface area contributed by atoms with Gasteiger partial charge < -0.3 is 64.5 Å². The number of ether oxygens (including phenoxy) is 5. The van der Waals surface area contributed by atoms with Crippen molar-refractivity contribution >= 4 is 12.2 Å². The SMILES string of the molecule is COc1cc(/C=C/c2ccc(O[C@@H]3O[C@H](CO)[C@@H](O)[C@H](O)[C@H]3O)cc2)cc(O[C@@H]2O[C@H](CO)[C@@H](O)[C@H](O)[C@H]2O)c1. The van der Waals surface area contributed by atoms with Gasteiger partial charge in [0.25, 0.3) is 0 Å². The maximum Gasteiger partial charge on any atom is 0.229 e. The van der Waals surface area contributed by atoms with Crippen LogP contribution < -0.4 is 14.2 Å². The second kappa shape index (κ2) is 13.2. The zero-order valence-electron chi connectivity index (χ0n) is 21.5. The molecule has 2 fully saturated rings. The van der Waals surface area contributed by atoms with Crippen LogP contribution in [0.4, 0.5) is 0 Å². The van der Waals surface area contributed by atoms with Gasteiger partial charge in [0.2, 0.25) is 12.6 Å². The summed E-state index contributed by atoms with van der Waals surface area (Å²) in [4.78, 5) is 0. The first kappa shape index (κ1) is 30.1. The zero-order chi connectivity index (χ0) is 29.0. The third-order valence-corrected chi connectivity index (χ3v) is 6.69. The van der Waals surface area contributed by atoms with Crippen LogP contribution >= 0.6 is 0 Å². The highest BCUT2D eigenvalue weighted by Crippen LogP contribution is 2.29. The molecule has 2 aliphatic heterocycles. The summed E-state index contributed by atoms with van der Waals surface area (Å²) in [6.45, 7) is -1.14. The van der Waals surface area contributed by atoms with Crippen molar-refractivity contribution in [1.82, 2.24) is 0 Å². The molecule has 0 radical (unpaired) electrons. The van der Waals surface area contributed by atoms with Crippen molar-refractivity contribution in [2.45, 2.75) is 61.4 Å². The predicted molar refractivity (Wildman–Crippen MR) is 137 cm³/mol. The van der Waals surface area contributed by atoms with Gasteiger partial charge in [-0.2, -0.15) is 0 Å². The fourth-order valence-electron chi connectivity index (χ4n) is 4.32. The summed E-state index contributed by atoms with van der Waals surface area (Å²) in [5.41, 5.74) is 1.42. The molecule has 4 rings (SSSR count). The Bertz CT molecular complexity index is 1120. The van der Waals surface area contributed by atoms with Gasteiger partial charge >= 0.3 is 0 Å². The minimum atomic E-state index is -1.58. The van der Waals surface area contributed by atoms with E-state index >= 15 is 0 Å². The highest BCUT2D eigenvalue weighted by molar-refractivity contribution is 5.71. The van der Waals surface area contributed by atoms with Gasteiger partial charge in [-0.1, -0.05) is 24.3 Å². The summed E-state index contributed by atoms with van der Waals surface area (Å²) >= 11 is 0. The summed E-state index contributed by atoms with van der Waals surface area (Å²) < 4.78 is 27.4. The highest BCUT2D eigenvalue weighted by atomic mass is 16.7. The summed E-state index contributed by atoms with van der Waals surface area (Å²) in [5.74, 6) is 0.995. The third kappa shape index (κ3) is 6.72. The molecule has 40 heavy (non-hydrogen) atoms. The average molecular weight is 567 g/mol. The largest absolute Gasteiger partial charge is 0.497 e. The molecule has 13 heteroatoms. The fraction of sp³-hybridized carbons (Fsp3) is 0.481. The van der Waals surface area contributed by atoms with Gasteiger partial charge in [-0.25, -0.2) is 0 Å². The molecule has 220 valence electrons. The number of hydrogen-bond donors (Lipinski definition) is 8. The molecule has 0 aromatic heterocycles. The molecule has 0 unspecified atom stereocenters. The molecule has 0 amide bonds. The van der Waals surface area contributed by atoms with Crippen molar-refractivity contribution in [2.75, 3.05) is 20.3 Å². The molecule has 10 atom stereocenters. The number of aliphatic hydroxyl groups is 8. The summed E-state index contributed by atoms with van der Waals surface area (Å²) in [5, 5.41) is 78.9. The maximum atomic E-state index is 10.3. The minimum Gasteiger partial charge on any atom is -0.497 e. The summed E-state index contributed by atoms with van der Waals surface area (Å²) in [7, 11) is 1.47. The van der Waals surface area contributed by atoms with E-state index in [4.69, 9.17) is 23.7 Å². The van der Waals surface area contributed by atoms with Crippen LogP contribution in [-0.2, 0) is 9.47 Å². The molecule has 2 heterocycles. The molecule has 2 aromatic carbocycles. The van der Waals surface area contributed by atoms with E-state index in [-0.39, 0.29) is 5.75 Å². The molecule has 2 aromatic rings. The van der Waals surface area contributed by atoms with Gasteiger partial charge in [-0.3, -0.25) is 0 Å². The highest BCUT2D eigenvalue weighted by Gasteiger charge is 2.45. The molecule has 0 spiro atoms. The van der Waals surface area contributed by atoms with Gasteiger partial charge in [-0.15, -0.1) is 0 Å². The van der Waals surface area contributed by atoms with Crippen molar-refractivity contribution in [3.8, 4) is 17.2 Å². The smallest absolute Gasteiger partial charge is 0.229 e. The molecule has 13 nitrogen and oxygen atoms in total. The quantitative estimate of drug-likeness (QED) is 0.158. The van der Waals surface area contributed by atoms with Crippen molar-refractivity contribution < 1.29 is 64.5 Å². The van der Waals surface area contributed by atoms with E-state index in [2.05, 4.69) is 0 Å². The van der Waals surface area contributed by atoms with E-state index in [1.54, 1.807) is 54.6 Å². The maximum absolute atomic E-state index is 10.3. The van der Waals surface area contributed by atoms with E-state index in [1.165, 1.54) is 7.11 Å². The third-order valence-electron chi connectivity index (χ3n) is 6.69. The Labute approximate surface area is 229 Å². The Morgan fingerprint density at radius 3 is 1.57 bits per heavy atom. The Hall–Kier alpha value is -2.82. The van der Waals surface area contributed by atoms with Crippen LogP contribution in [0.25, 0.3) is 12.2 Å². The lowest BCUT2D eigenvalue weighted by Gasteiger charge is -2.39. The van der Waals surface area contributed by atoms with Crippen LogP contribution in [0.5, 0.6) is 17.2 Å². The van der Waals surface area contributed by atoms with E-state index in [0.717, 1.165) is 5.56 Å². The Morgan fingerprint density at radius 2 is 1.07 bits per heavy atom. The van der Waals surface area contributed by atoms with Crippen LogP contribution in [0.1, 0.15) is 11.1 Å². The Balaban J connectivity index is 1.43.